The Labute approximate surface area is 78.5 Å². The van der Waals surface area contributed by atoms with Crippen molar-refractivity contribution in [1.29, 1.82) is 0 Å². The van der Waals surface area contributed by atoms with Gasteiger partial charge in [0.1, 0.15) is 5.67 Å². The third-order valence-electron chi connectivity index (χ3n) is 2.51. The monoisotopic (exact) mass is 196 g/mol. The SMILES string of the molecule is CC.CCC1(F)CCC(F)(F)CC1. The van der Waals surface area contributed by atoms with Crippen LogP contribution in [0.3, 0.4) is 0 Å². The van der Waals surface area contributed by atoms with Crippen LogP contribution in [0.1, 0.15) is 52.9 Å². The summed E-state index contributed by atoms with van der Waals surface area (Å²) in [5.41, 5.74) is -1.30. The fraction of sp³-hybridized carbons (Fsp3) is 1.00. The van der Waals surface area contributed by atoms with Crippen LogP contribution >= 0.6 is 0 Å². The number of hydrogen-bond donors (Lipinski definition) is 0. The Hall–Kier alpha value is -0.210. The van der Waals surface area contributed by atoms with E-state index in [4.69, 9.17) is 0 Å². The van der Waals surface area contributed by atoms with Crippen molar-refractivity contribution in [3.63, 3.8) is 0 Å². The van der Waals surface area contributed by atoms with Crippen molar-refractivity contribution in [2.45, 2.75) is 64.5 Å². The highest BCUT2D eigenvalue weighted by Gasteiger charge is 2.42. The van der Waals surface area contributed by atoms with Crippen LogP contribution < -0.4 is 0 Å². The highest BCUT2D eigenvalue weighted by molar-refractivity contribution is 4.87. The Morgan fingerprint density at radius 2 is 1.31 bits per heavy atom. The van der Waals surface area contributed by atoms with E-state index < -0.39 is 11.6 Å². The summed E-state index contributed by atoms with van der Waals surface area (Å²) in [4.78, 5) is 0. The first-order valence-electron chi connectivity index (χ1n) is 5.04. The molecule has 0 spiro atoms. The van der Waals surface area contributed by atoms with E-state index in [0.29, 0.717) is 6.42 Å². The minimum absolute atomic E-state index is 0.0243. The summed E-state index contributed by atoms with van der Waals surface area (Å²) in [6, 6.07) is 0. The molecular weight excluding hydrogens is 177 g/mol. The Bertz CT molecular complexity index is 133. The Morgan fingerprint density at radius 1 is 0.923 bits per heavy atom. The molecule has 0 atom stereocenters. The van der Waals surface area contributed by atoms with Gasteiger partial charge < -0.3 is 0 Å². The molecule has 0 saturated heterocycles. The first-order valence-corrected chi connectivity index (χ1v) is 5.04. The van der Waals surface area contributed by atoms with Gasteiger partial charge in [0.2, 0.25) is 5.92 Å². The molecule has 0 radical (unpaired) electrons. The molecule has 3 heteroatoms. The lowest BCUT2D eigenvalue weighted by Crippen LogP contribution is -2.34. The molecule has 0 unspecified atom stereocenters. The van der Waals surface area contributed by atoms with E-state index in [9.17, 15) is 13.2 Å². The molecule has 0 heterocycles. The molecule has 1 aliphatic carbocycles. The van der Waals surface area contributed by atoms with Gasteiger partial charge in [-0.3, -0.25) is 0 Å². The molecule has 0 aromatic carbocycles. The summed E-state index contributed by atoms with van der Waals surface area (Å²) in [6.45, 7) is 5.71. The molecule has 1 rings (SSSR count). The van der Waals surface area contributed by atoms with Crippen LogP contribution in [-0.4, -0.2) is 11.6 Å². The molecule has 0 N–H and O–H groups in total. The number of alkyl halides is 3. The molecule has 1 fully saturated rings. The average Bonchev–Trinajstić information content (AvgIpc) is 2.14. The molecule has 13 heavy (non-hydrogen) atoms. The van der Waals surface area contributed by atoms with Crippen molar-refractivity contribution in [2.75, 3.05) is 0 Å². The molecular formula is C10H19F3. The van der Waals surface area contributed by atoms with Crippen molar-refractivity contribution < 1.29 is 13.2 Å². The van der Waals surface area contributed by atoms with Crippen molar-refractivity contribution in [2.24, 2.45) is 0 Å². The van der Waals surface area contributed by atoms with Crippen LogP contribution in [0.25, 0.3) is 0 Å². The summed E-state index contributed by atoms with van der Waals surface area (Å²) in [6.07, 6.45) is -0.148. The maximum absolute atomic E-state index is 13.3. The van der Waals surface area contributed by atoms with E-state index in [-0.39, 0.29) is 25.7 Å². The number of hydrogen-bond acceptors (Lipinski definition) is 0. The van der Waals surface area contributed by atoms with Crippen molar-refractivity contribution in [3.8, 4) is 0 Å². The predicted octanol–water partition coefficient (Wildman–Crippen LogP) is 4.34. The van der Waals surface area contributed by atoms with Crippen LogP contribution in [0.4, 0.5) is 13.2 Å². The van der Waals surface area contributed by atoms with E-state index in [2.05, 4.69) is 0 Å². The third kappa shape index (κ3) is 4.01. The second-order valence-electron chi connectivity index (χ2n) is 3.36. The van der Waals surface area contributed by atoms with Crippen molar-refractivity contribution >= 4 is 0 Å². The van der Waals surface area contributed by atoms with Gasteiger partial charge in [-0.15, -0.1) is 0 Å². The van der Waals surface area contributed by atoms with Crippen LogP contribution in [-0.2, 0) is 0 Å². The van der Waals surface area contributed by atoms with E-state index in [1.807, 2.05) is 13.8 Å². The average molecular weight is 196 g/mol. The van der Waals surface area contributed by atoms with Gasteiger partial charge in [-0.1, -0.05) is 20.8 Å². The Morgan fingerprint density at radius 3 is 1.62 bits per heavy atom. The van der Waals surface area contributed by atoms with E-state index in [0.717, 1.165) is 0 Å². The molecule has 0 amide bonds. The van der Waals surface area contributed by atoms with Gasteiger partial charge in [0.15, 0.2) is 0 Å². The Kier molecular flexibility index (Phi) is 4.79. The smallest absolute Gasteiger partial charge is 0.244 e. The van der Waals surface area contributed by atoms with Gasteiger partial charge in [0.05, 0.1) is 0 Å². The molecule has 0 aromatic rings. The Balaban J connectivity index is 0.000000671. The van der Waals surface area contributed by atoms with Crippen LogP contribution in [0.15, 0.2) is 0 Å². The van der Waals surface area contributed by atoms with E-state index in [1.54, 1.807) is 6.92 Å². The lowest BCUT2D eigenvalue weighted by molar-refractivity contribution is -0.0762. The summed E-state index contributed by atoms with van der Waals surface area (Å²) in [7, 11) is 0. The zero-order valence-corrected chi connectivity index (χ0v) is 8.67. The first kappa shape index (κ1) is 12.8. The highest BCUT2D eigenvalue weighted by Crippen LogP contribution is 2.41. The number of halogens is 3. The standard InChI is InChI=1S/C8H13F3.C2H6/c1-2-7(9)3-5-8(10,11)6-4-7;1-2/h2-6H2,1H3;1-2H3. The van der Waals surface area contributed by atoms with Crippen LogP contribution in [0.5, 0.6) is 0 Å². The summed E-state index contributed by atoms with van der Waals surface area (Å²) in [5, 5.41) is 0. The predicted molar refractivity (Wildman–Crippen MR) is 48.9 cm³/mol. The minimum atomic E-state index is -2.61. The second kappa shape index (κ2) is 4.87. The number of rotatable bonds is 1. The maximum atomic E-state index is 13.3. The van der Waals surface area contributed by atoms with E-state index in [1.165, 1.54) is 0 Å². The quantitative estimate of drug-likeness (QED) is 0.585. The van der Waals surface area contributed by atoms with Crippen LogP contribution in [0.2, 0.25) is 0 Å². The lowest BCUT2D eigenvalue weighted by Gasteiger charge is -2.32. The lowest BCUT2D eigenvalue weighted by atomic mass is 9.83. The largest absolute Gasteiger partial charge is 0.248 e. The van der Waals surface area contributed by atoms with Crippen LogP contribution in [0, 0.1) is 0 Å². The molecule has 80 valence electrons. The molecule has 0 aromatic heterocycles. The molecule has 0 bridgehead atoms. The summed E-state index contributed by atoms with van der Waals surface area (Å²) in [5.74, 6) is -2.61. The van der Waals surface area contributed by atoms with Gasteiger partial charge in [-0.2, -0.15) is 0 Å². The van der Waals surface area contributed by atoms with Gasteiger partial charge in [0.25, 0.3) is 0 Å². The fourth-order valence-corrected chi connectivity index (χ4v) is 1.42. The molecule has 1 saturated carbocycles. The van der Waals surface area contributed by atoms with E-state index >= 15 is 0 Å². The third-order valence-corrected chi connectivity index (χ3v) is 2.51. The van der Waals surface area contributed by atoms with Gasteiger partial charge >= 0.3 is 0 Å². The highest BCUT2D eigenvalue weighted by atomic mass is 19.3. The fourth-order valence-electron chi connectivity index (χ4n) is 1.42. The zero-order valence-electron chi connectivity index (χ0n) is 8.67. The van der Waals surface area contributed by atoms with Crippen molar-refractivity contribution in [3.05, 3.63) is 0 Å². The maximum Gasteiger partial charge on any atom is 0.248 e. The molecule has 0 nitrogen and oxygen atoms in total. The minimum Gasteiger partial charge on any atom is -0.244 e. The molecule has 0 aliphatic heterocycles. The second-order valence-corrected chi connectivity index (χ2v) is 3.36. The van der Waals surface area contributed by atoms with Gasteiger partial charge in [-0.05, 0) is 19.3 Å². The van der Waals surface area contributed by atoms with Gasteiger partial charge in [-0.25, -0.2) is 13.2 Å². The van der Waals surface area contributed by atoms with Crippen molar-refractivity contribution in [1.82, 2.24) is 0 Å². The normalized spacial score (nSPS) is 24.5. The molecule has 1 aliphatic rings. The van der Waals surface area contributed by atoms with Gasteiger partial charge in [0, 0.05) is 12.8 Å². The first-order chi connectivity index (χ1) is 5.97. The zero-order chi connectivity index (χ0) is 10.5. The summed E-state index contributed by atoms with van der Waals surface area (Å²) >= 11 is 0. The summed E-state index contributed by atoms with van der Waals surface area (Å²) < 4.78 is 38.3. The topological polar surface area (TPSA) is 0 Å².